The highest BCUT2D eigenvalue weighted by Crippen LogP contribution is 2.34. The molecule has 3 rings (SSSR count). The first-order chi connectivity index (χ1) is 9.49. The molecular weight excluding hydrogens is 272 g/mol. The second kappa shape index (κ2) is 4.45. The van der Waals surface area contributed by atoms with E-state index in [9.17, 15) is 9.90 Å². The summed E-state index contributed by atoms with van der Waals surface area (Å²) in [6.07, 6.45) is 1.42. The number of carbonyl (C=O) groups is 1. The second-order valence-corrected chi connectivity index (χ2v) is 6.07. The highest BCUT2D eigenvalue weighted by atomic mass is 32.1. The summed E-state index contributed by atoms with van der Waals surface area (Å²) in [5.41, 5.74) is 4.52. The average molecular weight is 286 g/mol. The van der Waals surface area contributed by atoms with E-state index in [2.05, 4.69) is 11.1 Å². The lowest BCUT2D eigenvalue weighted by Gasteiger charge is -2.08. The number of carboxylic acids is 1. The van der Waals surface area contributed by atoms with Crippen LogP contribution < -0.4 is 0 Å². The fourth-order valence-electron chi connectivity index (χ4n) is 2.51. The van der Waals surface area contributed by atoms with Crippen molar-refractivity contribution in [3.8, 4) is 11.3 Å². The Kier molecular flexibility index (Phi) is 2.87. The van der Waals surface area contributed by atoms with Crippen LogP contribution in [0.2, 0.25) is 0 Å². The maximum Gasteiger partial charge on any atom is 0.354 e. The van der Waals surface area contributed by atoms with Crippen molar-refractivity contribution in [2.45, 2.75) is 20.8 Å². The first kappa shape index (κ1) is 12.9. The molecule has 0 aliphatic carbocycles. The highest BCUT2D eigenvalue weighted by molar-refractivity contribution is 7.17. The van der Waals surface area contributed by atoms with Crippen LogP contribution in [0.4, 0.5) is 0 Å². The molecule has 0 radical (unpaired) electrons. The van der Waals surface area contributed by atoms with E-state index in [1.54, 1.807) is 4.40 Å². The molecule has 0 aliphatic heterocycles. The number of thiazole rings is 1. The van der Waals surface area contributed by atoms with E-state index >= 15 is 0 Å². The van der Waals surface area contributed by atoms with Crippen LogP contribution >= 0.6 is 11.3 Å². The molecule has 0 fully saturated rings. The summed E-state index contributed by atoms with van der Waals surface area (Å²) in [6.45, 7) is 6.09. The third-order valence-corrected chi connectivity index (χ3v) is 4.36. The molecule has 0 aliphatic rings. The molecule has 5 heteroatoms. The standard InChI is InChI=1S/C15H14N2O2S/c1-8-4-5-11(9(2)6-8)13-10(3)20-15-16-7-12(14(18)19)17(13)15/h4-7H,1-3H3,(H,18,19). The predicted octanol–water partition coefficient (Wildman–Crippen LogP) is 3.69. The van der Waals surface area contributed by atoms with Gasteiger partial charge in [-0.15, -0.1) is 11.3 Å². The highest BCUT2D eigenvalue weighted by Gasteiger charge is 2.20. The van der Waals surface area contributed by atoms with E-state index in [-0.39, 0.29) is 5.69 Å². The zero-order valence-electron chi connectivity index (χ0n) is 11.5. The third-order valence-electron chi connectivity index (χ3n) is 3.39. The van der Waals surface area contributed by atoms with Crippen LogP contribution in [0.5, 0.6) is 0 Å². The molecule has 0 saturated carbocycles. The van der Waals surface area contributed by atoms with Gasteiger partial charge >= 0.3 is 5.97 Å². The van der Waals surface area contributed by atoms with Crippen LogP contribution in [0.1, 0.15) is 26.5 Å². The van der Waals surface area contributed by atoms with Gasteiger partial charge in [0.25, 0.3) is 0 Å². The molecule has 0 amide bonds. The van der Waals surface area contributed by atoms with Gasteiger partial charge in [0.2, 0.25) is 0 Å². The van der Waals surface area contributed by atoms with Gasteiger partial charge in [0.05, 0.1) is 11.9 Å². The van der Waals surface area contributed by atoms with Gasteiger partial charge in [-0.05, 0) is 26.3 Å². The van der Waals surface area contributed by atoms with E-state index in [0.29, 0.717) is 0 Å². The molecule has 0 atom stereocenters. The number of aromatic carboxylic acids is 1. The Morgan fingerprint density at radius 3 is 2.70 bits per heavy atom. The van der Waals surface area contributed by atoms with Crippen molar-refractivity contribution in [3.63, 3.8) is 0 Å². The Bertz CT molecular complexity index is 830. The van der Waals surface area contributed by atoms with Crippen LogP contribution in [0.3, 0.4) is 0 Å². The minimum atomic E-state index is -0.957. The number of rotatable bonds is 2. The normalized spacial score (nSPS) is 11.2. The summed E-state index contributed by atoms with van der Waals surface area (Å²) in [4.78, 5) is 17.3. The molecule has 0 bridgehead atoms. The first-order valence-corrected chi connectivity index (χ1v) is 7.08. The van der Waals surface area contributed by atoms with Gasteiger partial charge in [-0.1, -0.05) is 23.8 Å². The van der Waals surface area contributed by atoms with E-state index in [1.807, 2.05) is 32.9 Å². The van der Waals surface area contributed by atoms with Crippen molar-refractivity contribution >= 4 is 22.3 Å². The van der Waals surface area contributed by atoms with Crippen LogP contribution in [0.25, 0.3) is 16.2 Å². The molecule has 0 unspecified atom stereocenters. The Balaban J connectivity index is 2.37. The number of aryl methyl sites for hydroxylation is 3. The lowest BCUT2D eigenvalue weighted by atomic mass is 10.0. The summed E-state index contributed by atoms with van der Waals surface area (Å²) in [7, 11) is 0. The average Bonchev–Trinajstić information content (AvgIpc) is 2.88. The molecule has 20 heavy (non-hydrogen) atoms. The summed E-state index contributed by atoms with van der Waals surface area (Å²) in [6, 6.07) is 6.20. The Morgan fingerprint density at radius 2 is 2.05 bits per heavy atom. The first-order valence-electron chi connectivity index (χ1n) is 6.27. The van der Waals surface area contributed by atoms with Gasteiger partial charge in [-0.3, -0.25) is 4.40 Å². The molecule has 1 aromatic carbocycles. The maximum atomic E-state index is 11.4. The smallest absolute Gasteiger partial charge is 0.354 e. The molecule has 0 spiro atoms. The minimum absolute atomic E-state index is 0.208. The van der Waals surface area contributed by atoms with Crippen molar-refractivity contribution < 1.29 is 9.90 Å². The van der Waals surface area contributed by atoms with Crippen LogP contribution in [-0.4, -0.2) is 20.5 Å². The van der Waals surface area contributed by atoms with Crippen molar-refractivity contribution in [2.24, 2.45) is 0 Å². The summed E-state index contributed by atoms with van der Waals surface area (Å²) in [5, 5.41) is 9.31. The SMILES string of the molecule is Cc1ccc(-c2c(C)sc3ncc(C(=O)O)n23)c(C)c1. The number of benzene rings is 1. The number of carboxylic acid groups (broad SMARTS) is 1. The minimum Gasteiger partial charge on any atom is -0.477 e. The lowest BCUT2D eigenvalue weighted by molar-refractivity contribution is 0.0689. The van der Waals surface area contributed by atoms with Crippen LogP contribution in [0, 0.1) is 20.8 Å². The van der Waals surface area contributed by atoms with Gasteiger partial charge in [-0.2, -0.15) is 0 Å². The van der Waals surface area contributed by atoms with Crippen molar-refractivity contribution in [1.29, 1.82) is 0 Å². The van der Waals surface area contributed by atoms with Gasteiger partial charge in [0.1, 0.15) is 0 Å². The predicted molar refractivity (Wildman–Crippen MR) is 79.7 cm³/mol. The van der Waals surface area contributed by atoms with Gasteiger partial charge in [0, 0.05) is 10.4 Å². The summed E-state index contributed by atoms with van der Waals surface area (Å²) >= 11 is 1.51. The third kappa shape index (κ3) is 1.82. The van der Waals surface area contributed by atoms with Crippen molar-refractivity contribution in [1.82, 2.24) is 9.38 Å². The summed E-state index contributed by atoms with van der Waals surface area (Å²) < 4.78 is 1.74. The topological polar surface area (TPSA) is 54.6 Å². The quantitative estimate of drug-likeness (QED) is 0.781. The van der Waals surface area contributed by atoms with E-state index in [0.717, 1.165) is 26.7 Å². The number of fused-ring (bicyclic) bond motifs is 1. The number of nitrogens with zero attached hydrogens (tertiary/aromatic N) is 2. The van der Waals surface area contributed by atoms with Crippen molar-refractivity contribution in [3.05, 3.63) is 46.1 Å². The van der Waals surface area contributed by atoms with E-state index < -0.39 is 5.97 Å². The van der Waals surface area contributed by atoms with Crippen molar-refractivity contribution in [2.75, 3.05) is 0 Å². The molecular formula is C15H14N2O2S. The largest absolute Gasteiger partial charge is 0.477 e. The number of hydrogen-bond donors (Lipinski definition) is 1. The maximum absolute atomic E-state index is 11.4. The molecule has 4 nitrogen and oxygen atoms in total. The zero-order chi connectivity index (χ0) is 14.4. The monoisotopic (exact) mass is 286 g/mol. The molecule has 3 aromatic rings. The van der Waals surface area contributed by atoms with E-state index in [4.69, 9.17) is 0 Å². The Hall–Kier alpha value is -2.14. The van der Waals surface area contributed by atoms with Crippen LogP contribution in [0.15, 0.2) is 24.4 Å². The second-order valence-electron chi connectivity index (χ2n) is 4.89. The lowest BCUT2D eigenvalue weighted by Crippen LogP contribution is -2.02. The Morgan fingerprint density at radius 1 is 1.30 bits per heavy atom. The van der Waals surface area contributed by atoms with Gasteiger partial charge in [-0.25, -0.2) is 9.78 Å². The fraction of sp³-hybridized carbons (Fsp3) is 0.200. The number of imidazole rings is 1. The molecule has 0 saturated heterocycles. The summed E-state index contributed by atoms with van der Waals surface area (Å²) in [5.74, 6) is -0.957. The molecule has 2 heterocycles. The Labute approximate surface area is 120 Å². The van der Waals surface area contributed by atoms with Gasteiger partial charge in [0.15, 0.2) is 10.7 Å². The van der Waals surface area contributed by atoms with Crippen LogP contribution in [-0.2, 0) is 0 Å². The number of aromatic nitrogens is 2. The van der Waals surface area contributed by atoms with E-state index in [1.165, 1.54) is 23.1 Å². The zero-order valence-corrected chi connectivity index (χ0v) is 12.3. The molecule has 2 aromatic heterocycles. The van der Waals surface area contributed by atoms with Gasteiger partial charge < -0.3 is 5.11 Å². The molecule has 102 valence electrons. The molecule has 1 N–H and O–H groups in total. The fourth-order valence-corrected chi connectivity index (χ4v) is 3.46. The number of hydrogen-bond acceptors (Lipinski definition) is 3.